The minimum absolute atomic E-state index is 0.0934. The number of rotatable bonds is 3. The molecule has 2 heterocycles. The summed E-state index contributed by atoms with van der Waals surface area (Å²) in [5.41, 5.74) is 2.20. The van der Waals surface area contributed by atoms with Gasteiger partial charge in [-0.3, -0.25) is 4.79 Å². The molecule has 1 amide bonds. The molecule has 0 aliphatic carbocycles. The van der Waals surface area contributed by atoms with Gasteiger partial charge in [0.05, 0.1) is 12.8 Å². The SMILES string of the molecule is COc1ccccc1N1CCN(C(=O)C2Cc3ccccc3O2)CC1. The largest absolute Gasteiger partial charge is 0.495 e. The fourth-order valence-corrected chi connectivity index (χ4v) is 3.58. The molecular formula is C20H22N2O3. The molecule has 0 aromatic heterocycles. The van der Waals surface area contributed by atoms with Crippen LogP contribution in [0.1, 0.15) is 5.56 Å². The van der Waals surface area contributed by atoms with Crippen LogP contribution in [0, 0.1) is 0 Å². The Bertz CT molecular complexity index is 744. The standard InChI is InChI=1S/C20H22N2O3/c1-24-18-9-5-3-7-16(18)21-10-12-22(13-11-21)20(23)19-14-15-6-2-4-8-17(15)25-19/h2-9,19H,10-14H2,1H3. The van der Waals surface area contributed by atoms with Crippen molar-refractivity contribution in [3.8, 4) is 11.5 Å². The van der Waals surface area contributed by atoms with Crippen molar-refractivity contribution in [3.63, 3.8) is 0 Å². The Balaban J connectivity index is 1.38. The van der Waals surface area contributed by atoms with E-state index in [0.29, 0.717) is 19.5 Å². The molecule has 25 heavy (non-hydrogen) atoms. The lowest BCUT2D eigenvalue weighted by molar-refractivity contribution is -0.138. The first-order valence-corrected chi connectivity index (χ1v) is 8.67. The fourth-order valence-electron chi connectivity index (χ4n) is 3.58. The number of amides is 1. The van der Waals surface area contributed by atoms with Crippen molar-refractivity contribution in [2.75, 3.05) is 38.2 Å². The van der Waals surface area contributed by atoms with Gasteiger partial charge in [0.15, 0.2) is 6.10 Å². The van der Waals surface area contributed by atoms with Gasteiger partial charge in [-0.05, 0) is 23.8 Å². The van der Waals surface area contributed by atoms with Gasteiger partial charge in [0.25, 0.3) is 5.91 Å². The van der Waals surface area contributed by atoms with Gasteiger partial charge in [0, 0.05) is 32.6 Å². The minimum atomic E-state index is -0.379. The van der Waals surface area contributed by atoms with E-state index in [1.165, 1.54) is 0 Å². The maximum atomic E-state index is 12.8. The van der Waals surface area contributed by atoms with Gasteiger partial charge in [-0.25, -0.2) is 0 Å². The number of benzene rings is 2. The minimum Gasteiger partial charge on any atom is -0.495 e. The van der Waals surface area contributed by atoms with Gasteiger partial charge in [-0.15, -0.1) is 0 Å². The number of carbonyl (C=O) groups is 1. The number of ether oxygens (including phenoxy) is 2. The van der Waals surface area contributed by atoms with E-state index in [2.05, 4.69) is 11.0 Å². The monoisotopic (exact) mass is 338 g/mol. The first-order valence-electron chi connectivity index (χ1n) is 8.67. The van der Waals surface area contributed by atoms with E-state index >= 15 is 0 Å². The summed E-state index contributed by atoms with van der Waals surface area (Å²) in [7, 11) is 1.69. The average Bonchev–Trinajstić information content (AvgIpc) is 3.12. The molecule has 1 saturated heterocycles. The van der Waals surface area contributed by atoms with Gasteiger partial charge in [-0.1, -0.05) is 30.3 Å². The average molecular weight is 338 g/mol. The zero-order valence-corrected chi connectivity index (χ0v) is 14.4. The number of anilines is 1. The van der Waals surface area contributed by atoms with Crippen LogP contribution in [0.5, 0.6) is 11.5 Å². The second-order valence-corrected chi connectivity index (χ2v) is 6.40. The Kier molecular flexibility index (Phi) is 4.22. The van der Waals surface area contributed by atoms with Crippen LogP contribution >= 0.6 is 0 Å². The maximum absolute atomic E-state index is 12.8. The van der Waals surface area contributed by atoms with Gasteiger partial charge in [0.1, 0.15) is 11.5 Å². The van der Waals surface area contributed by atoms with Crippen LogP contribution in [0.15, 0.2) is 48.5 Å². The highest BCUT2D eigenvalue weighted by atomic mass is 16.5. The molecule has 0 N–H and O–H groups in total. The molecule has 1 atom stereocenters. The van der Waals surface area contributed by atoms with E-state index in [9.17, 15) is 4.79 Å². The van der Waals surface area contributed by atoms with Crippen molar-refractivity contribution in [2.45, 2.75) is 12.5 Å². The van der Waals surface area contributed by atoms with Crippen LogP contribution in [0.3, 0.4) is 0 Å². The third-order valence-corrected chi connectivity index (χ3v) is 4.94. The molecule has 2 aromatic carbocycles. The predicted octanol–water partition coefficient (Wildman–Crippen LogP) is 2.35. The number of para-hydroxylation sites is 3. The van der Waals surface area contributed by atoms with Crippen LogP contribution in [-0.2, 0) is 11.2 Å². The Morgan fingerprint density at radius 2 is 1.76 bits per heavy atom. The zero-order valence-electron chi connectivity index (χ0n) is 14.4. The topological polar surface area (TPSA) is 42.0 Å². The van der Waals surface area contributed by atoms with Gasteiger partial charge < -0.3 is 19.3 Å². The summed E-state index contributed by atoms with van der Waals surface area (Å²) in [6.07, 6.45) is 0.289. The van der Waals surface area contributed by atoms with Gasteiger partial charge in [0.2, 0.25) is 0 Å². The quantitative estimate of drug-likeness (QED) is 0.862. The Labute approximate surface area is 147 Å². The fraction of sp³-hybridized carbons (Fsp3) is 0.350. The molecule has 5 nitrogen and oxygen atoms in total. The molecule has 0 saturated carbocycles. The highest BCUT2D eigenvalue weighted by Crippen LogP contribution is 2.30. The molecule has 0 bridgehead atoms. The first-order chi connectivity index (χ1) is 12.3. The number of nitrogens with zero attached hydrogens (tertiary/aromatic N) is 2. The van der Waals surface area contributed by atoms with Crippen molar-refractivity contribution < 1.29 is 14.3 Å². The van der Waals surface area contributed by atoms with Crippen LogP contribution in [0.2, 0.25) is 0 Å². The molecule has 2 aromatic rings. The van der Waals surface area contributed by atoms with Crippen molar-refractivity contribution in [2.24, 2.45) is 0 Å². The molecule has 0 radical (unpaired) electrons. The number of hydrogen-bond donors (Lipinski definition) is 0. The third-order valence-electron chi connectivity index (χ3n) is 4.94. The normalized spacial score (nSPS) is 19.3. The Morgan fingerprint density at radius 3 is 2.52 bits per heavy atom. The second-order valence-electron chi connectivity index (χ2n) is 6.40. The Hall–Kier alpha value is -2.69. The van der Waals surface area contributed by atoms with E-state index in [0.717, 1.165) is 35.8 Å². The number of piperazine rings is 1. The molecule has 4 rings (SSSR count). The van der Waals surface area contributed by atoms with E-state index in [4.69, 9.17) is 9.47 Å². The van der Waals surface area contributed by atoms with E-state index in [1.54, 1.807) is 7.11 Å². The van der Waals surface area contributed by atoms with E-state index < -0.39 is 0 Å². The molecule has 0 spiro atoms. The molecule has 1 fully saturated rings. The van der Waals surface area contributed by atoms with Crippen LogP contribution in [-0.4, -0.2) is 50.2 Å². The van der Waals surface area contributed by atoms with E-state index in [1.807, 2.05) is 47.4 Å². The number of hydrogen-bond acceptors (Lipinski definition) is 4. The lowest BCUT2D eigenvalue weighted by atomic mass is 10.1. The van der Waals surface area contributed by atoms with Crippen molar-refractivity contribution in [1.82, 2.24) is 4.90 Å². The Morgan fingerprint density at radius 1 is 1.04 bits per heavy atom. The summed E-state index contributed by atoms with van der Waals surface area (Å²) < 4.78 is 11.3. The molecule has 130 valence electrons. The summed E-state index contributed by atoms with van der Waals surface area (Å²) in [5, 5.41) is 0. The summed E-state index contributed by atoms with van der Waals surface area (Å²) in [6.45, 7) is 3.00. The molecule has 5 heteroatoms. The van der Waals surface area contributed by atoms with Crippen LogP contribution < -0.4 is 14.4 Å². The van der Waals surface area contributed by atoms with Crippen molar-refractivity contribution >= 4 is 11.6 Å². The predicted molar refractivity (Wildman–Crippen MR) is 96.3 cm³/mol. The highest BCUT2D eigenvalue weighted by molar-refractivity contribution is 5.83. The van der Waals surface area contributed by atoms with E-state index in [-0.39, 0.29) is 12.0 Å². The first kappa shape index (κ1) is 15.8. The molecule has 2 aliphatic rings. The summed E-state index contributed by atoms with van der Waals surface area (Å²) in [4.78, 5) is 17.0. The number of methoxy groups -OCH3 is 1. The van der Waals surface area contributed by atoms with Crippen LogP contribution in [0.4, 0.5) is 5.69 Å². The maximum Gasteiger partial charge on any atom is 0.264 e. The smallest absolute Gasteiger partial charge is 0.264 e. The number of carbonyl (C=O) groups excluding carboxylic acids is 1. The van der Waals surface area contributed by atoms with Crippen molar-refractivity contribution in [1.29, 1.82) is 0 Å². The highest BCUT2D eigenvalue weighted by Gasteiger charge is 2.33. The van der Waals surface area contributed by atoms with Crippen molar-refractivity contribution in [3.05, 3.63) is 54.1 Å². The van der Waals surface area contributed by atoms with Gasteiger partial charge >= 0.3 is 0 Å². The second kappa shape index (κ2) is 6.67. The third kappa shape index (κ3) is 3.02. The summed E-state index contributed by atoms with van der Waals surface area (Å²) in [6, 6.07) is 15.9. The van der Waals surface area contributed by atoms with Crippen LogP contribution in [0.25, 0.3) is 0 Å². The molecule has 2 aliphatic heterocycles. The molecule has 1 unspecified atom stereocenters. The van der Waals surface area contributed by atoms with Gasteiger partial charge in [-0.2, -0.15) is 0 Å². The summed E-state index contributed by atoms with van der Waals surface area (Å²) >= 11 is 0. The lowest BCUT2D eigenvalue weighted by Crippen LogP contribution is -2.52. The number of fused-ring (bicyclic) bond motifs is 1. The molecular weight excluding hydrogens is 316 g/mol. The summed E-state index contributed by atoms with van der Waals surface area (Å²) in [5.74, 6) is 1.81. The lowest BCUT2D eigenvalue weighted by Gasteiger charge is -2.37. The zero-order chi connectivity index (χ0) is 17.2.